The Morgan fingerprint density at radius 1 is 1.15 bits per heavy atom. The van der Waals surface area contributed by atoms with Crippen LogP contribution in [0.2, 0.25) is 0 Å². The van der Waals surface area contributed by atoms with Crippen LogP contribution < -0.4 is 11.5 Å². The highest BCUT2D eigenvalue weighted by Crippen LogP contribution is 2.24. The van der Waals surface area contributed by atoms with E-state index in [0.717, 1.165) is 32.5 Å². The molecule has 0 unspecified atom stereocenters. The molecule has 1 heterocycles. The van der Waals surface area contributed by atoms with E-state index in [1.165, 1.54) is 12.0 Å². The molecule has 1 aliphatic rings. The van der Waals surface area contributed by atoms with E-state index in [1.807, 2.05) is 18.2 Å². The second-order valence-corrected chi connectivity index (χ2v) is 5.82. The van der Waals surface area contributed by atoms with Crippen LogP contribution in [0.5, 0.6) is 0 Å². The summed E-state index contributed by atoms with van der Waals surface area (Å²) < 4.78 is 0.505. The number of amides is 1. The lowest BCUT2D eigenvalue weighted by atomic mass is 10.0. The number of benzene rings is 1. The van der Waals surface area contributed by atoms with Crippen molar-refractivity contribution in [3.05, 3.63) is 35.9 Å². The van der Waals surface area contributed by atoms with E-state index in [9.17, 15) is 4.79 Å². The summed E-state index contributed by atoms with van der Waals surface area (Å²) in [6.45, 7) is 3.05. The molecule has 0 bridgehead atoms. The fourth-order valence-corrected chi connectivity index (χ4v) is 3.16. The molecule has 0 radical (unpaired) electrons. The molecule has 4 heteroatoms. The van der Waals surface area contributed by atoms with Gasteiger partial charge in [0.2, 0.25) is 0 Å². The first-order valence-electron chi connectivity index (χ1n) is 7.58. The average molecular weight is 276 g/mol. The third-order valence-corrected chi connectivity index (χ3v) is 4.26. The second kappa shape index (κ2) is 6.97. The largest absolute Gasteiger partial charge is 0.330 e. The highest BCUT2D eigenvalue weighted by atomic mass is 16.2. The van der Waals surface area contributed by atoms with Crippen molar-refractivity contribution in [2.75, 3.05) is 19.6 Å². The van der Waals surface area contributed by atoms with Crippen molar-refractivity contribution in [2.45, 2.75) is 38.3 Å². The van der Waals surface area contributed by atoms with Gasteiger partial charge in [0, 0.05) is 5.56 Å². The number of hydrogen-bond donors (Lipinski definition) is 2. The molecule has 1 aromatic carbocycles. The highest BCUT2D eigenvalue weighted by Gasteiger charge is 2.40. The summed E-state index contributed by atoms with van der Waals surface area (Å²) in [6, 6.07) is 9.82. The standard InChI is InChI=1S/C16H26N3O/c17-10-9-15(18)16(20)19(11-5-2-6-12-19)13-14-7-3-1-4-8-14/h1,3-4,7-8,15H,2,5-6,9-13,17-18H2/q+1/t15-/m0/s1. The molecule has 4 N–H and O–H groups in total. The van der Waals surface area contributed by atoms with Crippen LogP contribution in [0.25, 0.3) is 0 Å². The quantitative estimate of drug-likeness (QED) is 0.799. The van der Waals surface area contributed by atoms with Gasteiger partial charge in [-0.2, -0.15) is 0 Å². The molecule has 0 aromatic heterocycles. The fourth-order valence-electron chi connectivity index (χ4n) is 3.16. The minimum Gasteiger partial charge on any atom is -0.330 e. The van der Waals surface area contributed by atoms with Gasteiger partial charge in [-0.15, -0.1) is 0 Å². The fraction of sp³-hybridized carbons (Fsp3) is 0.562. The van der Waals surface area contributed by atoms with Crippen molar-refractivity contribution in [1.29, 1.82) is 0 Å². The van der Waals surface area contributed by atoms with E-state index < -0.39 is 6.04 Å². The third-order valence-electron chi connectivity index (χ3n) is 4.26. The van der Waals surface area contributed by atoms with Crippen LogP contribution in [-0.4, -0.2) is 36.1 Å². The third kappa shape index (κ3) is 3.45. The summed E-state index contributed by atoms with van der Waals surface area (Å²) in [5.41, 5.74) is 12.8. The predicted octanol–water partition coefficient (Wildman–Crippen LogP) is 1.39. The van der Waals surface area contributed by atoms with Gasteiger partial charge in [-0.3, -0.25) is 4.48 Å². The molecule has 0 saturated carbocycles. The van der Waals surface area contributed by atoms with Gasteiger partial charge in [-0.25, -0.2) is 4.79 Å². The number of quaternary nitrogens is 1. The molecule has 1 atom stereocenters. The molecule has 1 saturated heterocycles. The van der Waals surface area contributed by atoms with Crippen molar-refractivity contribution in [2.24, 2.45) is 11.5 Å². The molecule has 1 aromatic rings. The van der Waals surface area contributed by atoms with Crippen molar-refractivity contribution in [3.8, 4) is 0 Å². The van der Waals surface area contributed by atoms with E-state index in [-0.39, 0.29) is 5.91 Å². The van der Waals surface area contributed by atoms with Gasteiger partial charge in [-0.05, 0) is 32.2 Å². The maximum atomic E-state index is 12.8. The van der Waals surface area contributed by atoms with Crippen LogP contribution in [0.15, 0.2) is 30.3 Å². The van der Waals surface area contributed by atoms with Crippen LogP contribution in [0.1, 0.15) is 31.2 Å². The predicted molar refractivity (Wildman–Crippen MR) is 80.6 cm³/mol. The Balaban J connectivity index is 2.19. The van der Waals surface area contributed by atoms with E-state index in [1.54, 1.807) is 0 Å². The Morgan fingerprint density at radius 3 is 2.40 bits per heavy atom. The number of rotatable bonds is 5. The topological polar surface area (TPSA) is 69.1 Å². The summed E-state index contributed by atoms with van der Waals surface area (Å²) in [7, 11) is 0. The van der Waals surface area contributed by atoms with Crippen molar-refractivity contribution in [3.63, 3.8) is 0 Å². The normalized spacial score (nSPS) is 19.5. The molecule has 1 fully saturated rings. The number of likely N-dealkylation sites (tertiary alicyclic amines) is 1. The minimum atomic E-state index is -0.429. The van der Waals surface area contributed by atoms with Gasteiger partial charge in [0.1, 0.15) is 12.6 Å². The lowest BCUT2D eigenvalue weighted by molar-refractivity contribution is -0.873. The Bertz CT molecular complexity index is 427. The number of nitrogens with two attached hydrogens (primary N) is 2. The highest BCUT2D eigenvalue weighted by molar-refractivity contribution is 5.75. The molecule has 0 aliphatic carbocycles. The first-order chi connectivity index (χ1) is 9.68. The van der Waals surface area contributed by atoms with Gasteiger partial charge in [0.15, 0.2) is 0 Å². The van der Waals surface area contributed by atoms with Gasteiger partial charge in [0.25, 0.3) is 0 Å². The van der Waals surface area contributed by atoms with Gasteiger partial charge >= 0.3 is 5.91 Å². The van der Waals surface area contributed by atoms with Crippen molar-refractivity contribution < 1.29 is 9.28 Å². The minimum absolute atomic E-state index is 0.166. The van der Waals surface area contributed by atoms with Crippen LogP contribution in [-0.2, 0) is 11.3 Å². The summed E-state index contributed by atoms with van der Waals surface area (Å²) in [6.07, 6.45) is 4.00. The number of carbonyl (C=O) groups excluding carboxylic acids is 1. The lowest BCUT2D eigenvalue weighted by Crippen LogP contribution is -2.60. The van der Waals surface area contributed by atoms with E-state index >= 15 is 0 Å². The molecule has 1 aliphatic heterocycles. The zero-order valence-electron chi connectivity index (χ0n) is 12.1. The molecule has 0 spiro atoms. The molecule has 4 nitrogen and oxygen atoms in total. The summed E-state index contributed by atoms with van der Waals surface area (Å²) in [5.74, 6) is 0.166. The van der Waals surface area contributed by atoms with E-state index in [0.29, 0.717) is 17.4 Å². The molecule has 1 amide bonds. The Labute approximate surface area is 121 Å². The average Bonchev–Trinajstić information content (AvgIpc) is 2.48. The first-order valence-corrected chi connectivity index (χ1v) is 7.58. The maximum Gasteiger partial charge on any atom is 0.330 e. The van der Waals surface area contributed by atoms with Gasteiger partial charge in [-0.1, -0.05) is 30.3 Å². The van der Waals surface area contributed by atoms with Gasteiger partial charge in [0.05, 0.1) is 13.1 Å². The molecular formula is C16H26N3O+. The molecule has 20 heavy (non-hydrogen) atoms. The Kier molecular flexibility index (Phi) is 5.29. The summed E-state index contributed by atoms with van der Waals surface area (Å²) >= 11 is 0. The van der Waals surface area contributed by atoms with Crippen LogP contribution >= 0.6 is 0 Å². The Morgan fingerprint density at radius 2 is 1.80 bits per heavy atom. The zero-order valence-corrected chi connectivity index (χ0v) is 12.1. The number of hydrogen-bond acceptors (Lipinski definition) is 3. The van der Waals surface area contributed by atoms with Crippen molar-refractivity contribution >= 4 is 5.91 Å². The lowest BCUT2D eigenvalue weighted by Gasteiger charge is -2.40. The van der Waals surface area contributed by atoms with E-state index in [4.69, 9.17) is 11.5 Å². The smallest absolute Gasteiger partial charge is 0.330 e. The first kappa shape index (κ1) is 15.2. The number of carbonyl (C=O) groups is 1. The number of nitrogens with zero attached hydrogens (tertiary/aromatic N) is 1. The summed E-state index contributed by atoms with van der Waals surface area (Å²) in [5, 5.41) is 0. The van der Waals surface area contributed by atoms with Crippen molar-refractivity contribution in [1.82, 2.24) is 0 Å². The number of piperidine rings is 1. The summed E-state index contributed by atoms with van der Waals surface area (Å²) in [4.78, 5) is 12.8. The van der Waals surface area contributed by atoms with Crippen LogP contribution in [0.4, 0.5) is 0 Å². The molecule has 110 valence electrons. The van der Waals surface area contributed by atoms with Gasteiger partial charge < -0.3 is 11.5 Å². The maximum absolute atomic E-state index is 12.8. The second-order valence-electron chi connectivity index (χ2n) is 5.82. The van der Waals surface area contributed by atoms with Crippen LogP contribution in [0, 0.1) is 0 Å². The monoisotopic (exact) mass is 276 g/mol. The van der Waals surface area contributed by atoms with Crippen LogP contribution in [0.3, 0.4) is 0 Å². The molecular weight excluding hydrogens is 250 g/mol. The van der Waals surface area contributed by atoms with E-state index in [2.05, 4.69) is 12.1 Å². The zero-order chi connectivity index (χ0) is 14.4. The SMILES string of the molecule is NCC[C@H](N)C(=O)[N+]1(Cc2ccccc2)CCCCC1. The molecule has 2 rings (SSSR count). The Hall–Kier alpha value is -1.23.